The lowest BCUT2D eigenvalue weighted by molar-refractivity contribution is 0.518. The van der Waals surface area contributed by atoms with Gasteiger partial charge < -0.3 is 5.32 Å². The predicted octanol–water partition coefficient (Wildman–Crippen LogP) is 3.69. The average molecular weight is 272 g/mol. The van der Waals surface area contributed by atoms with Crippen molar-refractivity contribution in [2.24, 2.45) is 0 Å². The van der Waals surface area contributed by atoms with Crippen molar-refractivity contribution in [3.05, 3.63) is 70.8 Å². The SMILES string of the molecule is C[C@H](NCc1ccc(C#N)cc1)c1ccc(F)cc1F. The zero-order chi connectivity index (χ0) is 14.5. The first-order valence-electron chi connectivity index (χ1n) is 6.27. The number of nitrogens with one attached hydrogen (secondary N) is 1. The number of halogens is 2. The second-order valence-corrected chi connectivity index (χ2v) is 4.58. The van der Waals surface area contributed by atoms with Gasteiger partial charge in [-0.25, -0.2) is 8.78 Å². The molecular weight excluding hydrogens is 258 g/mol. The van der Waals surface area contributed by atoms with Crippen LogP contribution in [0, 0.1) is 23.0 Å². The molecule has 2 nitrogen and oxygen atoms in total. The lowest BCUT2D eigenvalue weighted by Gasteiger charge is -2.15. The Morgan fingerprint density at radius 2 is 1.85 bits per heavy atom. The minimum atomic E-state index is -0.578. The van der Waals surface area contributed by atoms with Gasteiger partial charge >= 0.3 is 0 Å². The van der Waals surface area contributed by atoms with Crippen LogP contribution < -0.4 is 5.32 Å². The lowest BCUT2D eigenvalue weighted by atomic mass is 10.1. The quantitative estimate of drug-likeness (QED) is 0.921. The van der Waals surface area contributed by atoms with E-state index in [2.05, 4.69) is 11.4 Å². The third-order valence-corrected chi connectivity index (χ3v) is 3.12. The first kappa shape index (κ1) is 14.2. The molecule has 1 N–H and O–H groups in total. The number of nitriles is 1. The molecule has 0 saturated carbocycles. The zero-order valence-corrected chi connectivity index (χ0v) is 11.0. The standard InChI is InChI=1S/C16H14F2N2/c1-11(15-7-6-14(17)8-16(15)18)20-10-13-4-2-12(9-19)3-5-13/h2-8,11,20H,10H2,1H3/t11-/m0/s1. The van der Waals surface area contributed by atoms with Crippen LogP contribution >= 0.6 is 0 Å². The number of hydrogen-bond donors (Lipinski definition) is 1. The molecule has 2 aromatic rings. The molecule has 0 aromatic heterocycles. The monoisotopic (exact) mass is 272 g/mol. The van der Waals surface area contributed by atoms with Gasteiger partial charge in [0, 0.05) is 24.2 Å². The van der Waals surface area contributed by atoms with Gasteiger partial charge in [0.1, 0.15) is 11.6 Å². The summed E-state index contributed by atoms with van der Waals surface area (Å²) in [5.41, 5.74) is 2.03. The minimum absolute atomic E-state index is 0.230. The minimum Gasteiger partial charge on any atom is -0.306 e. The molecule has 0 saturated heterocycles. The van der Waals surface area contributed by atoms with Gasteiger partial charge in [-0.15, -0.1) is 0 Å². The summed E-state index contributed by atoms with van der Waals surface area (Å²) in [6, 6.07) is 12.6. The van der Waals surface area contributed by atoms with Crippen molar-refractivity contribution in [2.75, 3.05) is 0 Å². The van der Waals surface area contributed by atoms with Crippen molar-refractivity contribution < 1.29 is 8.78 Å². The van der Waals surface area contributed by atoms with Crippen LogP contribution in [-0.2, 0) is 6.54 Å². The molecule has 0 amide bonds. The largest absolute Gasteiger partial charge is 0.306 e. The molecule has 0 bridgehead atoms. The lowest BCUT2D eigenvalue weighted by Crippen LogP contribution is -2.19. The van der Waals surface area contributed by atoms with E-state index < -0.39 is 11.6 Å². The van der Waals surface area contributed by atoms with Crippen LogP contribution in [0.5, 0.6) is 0 Å². The Hall–Kier alpha value is -2.25. The summed E-state index contributed by atoms with van der Waals surface area (Å²) in [6.07, 6.45) is 0. The van der Waals surface area contributed by atoms with Crippen molar-refractivity contribution in [3.8, 4) is 6.07 Å². The van der Waals surface area contributed by atoms with E-state index in [1.807, 2.05) is 19.1 Å². The van der Waals surface area contributed by atoms with Crippen LogP contribution in [0.3, 0.4) is 0 Å². The van der Waals surface area contributed by atoms with E-state index >= 15 is 0 Å². The van der Waals surface area contributed by atoms with Crippen molar-refractivity contribution in [1.82, 2.24) is 5.32 Å². The summed E-state index contributed by atoms with van der Waals surface area (Å²) < 4.78 is 26.5. The fourth-order valence-electron chi connectivity index (χ4n) is 1.93. The van der Waals surface area contributed by atoms with Crippen molar-refractivity contribution in [2.45, 2.75) is 19.5 Å². The summed E-state index contributed by atoms with van der Waals surface area (Å²) in [5, 5.41) is 11.9. The smallest absolute Gasteiger partial charge is 0.130 e. The van der Waals surface area contributed by atoms with Crippen LogP contribution in [0.15, 0.2) is 42.5 Å². The van der Waals surface area contributed by atoms with Gasteiger partial charge in [0.05, 0.1) is 11.6 Å². The third-order valence-electron chi connectivity index (χ3n) is 3.12. The summed E-state index contributed by atoms with van der Waals surface area (Å²) in [7, 11) is 0. The molecule has 0 heterocycles. The Bertz CT molecular complexity index is 630. The molecule has 102 valence electrons. The highest BCUT2D eigenvalue weighted by Gasteiger charge is 2.11. The molecule has 0 radical (unpaired) electrons. The number of rotatable bonds is 4. The Labute approximate surface area is 116 Å². The number of hydrogen-bond acceptors (Lipinski definition) is 2. The van der Waals surface area contributed by atoms with Crippen LogP contribution in [0.1, 0.15) is 29.7 Å². The molecule has 2 aromatic carbocycles. The summed E-state index contributed by atoms with van der Waals surface area (Å²) in [4.78, 5) is 0. The van der Waals surface area contributed by atoms with Crippen molar-refractivity contribution in [3.63, 3.8) is 0 Å². The fourth-order valence-corrected chi connectivity index (χ4v) is 1.93. The molecule has 20 heavy (non-hydrogen) atoms. The molecule has 0 aliphatic carbocycles. The summed E-state index contributed by atoms with van der Waals surface area (Å²) in [6.45, 7) is 2.36. The van der Waals surface area contributed by atoms with Gasteiger partial charge in [0.15, 0.2) is 0 Å². The molecule has 0 spiro atoms. The second kappa shape index (κ2) is 6.27. The molecule has 0 aliphatic heterocycles. The van der Waals surface area contributed by atoms with Crippen LogP contribution in [0.2, 0.25) is 0 Å². The van der Waals surface area contributed by atoms with Gasteiger partial charge in [0.2, 0.25) is 0 Å². The number of nitrogens with zero attached hydrogens (tertiary/aromatic N) is 1. The molecule has 2 rings (SSSR count). The Morgan fingerprint density at radius 1 is 1.15 bits per heavy atom. The van der Waals surface area contributed by atoms with Gasteiger partial charge in [-0.2, -0.15) is 5.26 Å². The van der Waals surface area contributed by atoms with Gasteiger partial charge in [-0.05, 0) is 30.7 Å². The van der Waals surface area contributed by atoms with E-state index in [9.17, 15) is 8.78 Å². The Kier molecular flexibility index (Phi) is 4.44. The van der Waals surface area contributed by atoms with Gasteiger partial charge in [-0.1, -0.05) is 18.2 Å². The molecule has 0 aliphatic rings. The maximum atomic E-state index is 13.6. The van der Waals surface area contributed by atoms with E-state index in [1.165, 1.54) is 12.1 Å². The number of benzene rings is 2. The van der Waals surface area contributed by atoms with E-state index in [-0.39, 0.29) is 6.04 Å². The molecule has 0 fully saturated rings. The van der Waals surface area contributed by atoms with Crippen molar-refractivity contribution in [1.29, 1.82) is 5.26 Å². The molecule has 1 atom stereocenters. The van der Waals surface area contributed by atoms with Crippen LogP contribution in [0.4, 0.5) is 8.78 Å². The van der Waals surface area contributed by atoms with E-state index in [4.69, 9.17) is 5.26 Å². The van der Waals surface area contributed by atoms with Crippen LogP contribution in [0.25, 0.3) is 0 Å². The average Bonchev–Trinajstić information content (AvgIpc) is 2.45. The van der Waals surface area contributed by atoms with E-state index in [1.54, 1.807) is 12.1 Å². The summed E-state index contributed by atoms with van der Waals surface area (Å²) in [5.74, 6) is -1.13. The highest BCUT2D eigenvalue weighted by Crippen LogP contribution is 2.18. The first-order chi connectivity index (χ1) is 9.60. The topological polar surface area (TPSA) is 35.8 Å². The highest BCUT2D eigenvalue weighted by molar-refractivity contribution is 5.31. The highest BCUT2D eigenvalue weighted by atomic mass is 19.1. The van der Waals surface area contributed by atoms with E-state index in [0.29, 0.717) is 17.7 Å². The maximum Gasteiger partial charge on any atom is 0.130 e. The molecule has 0 unspecified atom stereocenters. The van der Waals surface area contributed by atoms with Gasteiger partial charge in [-0.3, -0.25) is 0 Å². The molecule has 4 heteroatoms. The van der Waals surface area contributed by atoms with Crippen molar-refractivity contribution >= 4 is 0 Å². The van der Waals surface area contributed by atoms with Gasteiger partial charge in [0.25, 0.3) is 0 Å². The molecular formula is C16H14F2N2. The Morgan fingerprint density at radius 3 is 2.45 bits per heavy atom. The second-order valence-electron chi connectivity index (χ2n) is 4.58. The zero-order valence-electron chi connectivity index (χ0n) is 11.0. The first-order valence-corrected chi connectivity index (χ1v) is 6.27. The summed E-state index contributed by atoms with van der Waals surface area (Å²) >= 11 is 0. The third kappa shape index (κ3) is 3.40. The normalized spacial score (nSPS) is 11.9. The van der Waals surface area contributed by atoms with Crippen LogP contribution in [-0.4, -0.2) is 0 Å². The fraction of sp³-hybridized carbons (Fsp3) is 0.188. The predicted molar refractivity (Wildman–Crippen MR) is 72.8 cm³/mol. The van der Waals surface area contributed by atoms with E-state index in [0.717, 1.165) is 11.6 Å². The Balaban J connectivity index is 2.01. The maximum absolute atomic E-state index is 13.6.